The van der Waals surface area contributed by atoms with Crippen LogP contribution in [0.3, 0.4) is 0 Å². The highest BCUT2D eigenvalue weighted by atomic mass is 16.5. The van der Waals surface area contributed by atoms with Gasteiger partial charge in [-0.25, -0.2) is 5.84 Å². The van der Waals surface area contributed by atoms with Gasteiger partial charge in [-0.05, 0) is 24.1 Å². The number of hydrogen-bond acceptors (Lipinski definition) is 4. The van der Waals surface area contributed by atoms with Crippen molar-refractivity contribution in [2.24, 2.45) is 5.84 Å². The van der Waals surface area contributed by atoms with Gasteiger partial charge in [0.15, 0.2) is 0 Å². The molecule has 1 aromatic rings. The summed E-state index contributed by atoms with van der Waals surface area (Å²) < 4.78 is 4.53. The van der Waals surface area contributed by atoms with Gasteiger partial charge >= 0.3 is 5.97 Å². The number of nitrogens with two attached hydrogens (primary N) is 1. The molecule has 4 nitrogen and oxygen atoms in total. The number of aryl methyl sites for hydroxylation is 1. The van der Waals surface area contributed by atoms with E-state index in [9.17, 15) is 4.79 Å². The second-order valence-corrected chi connectivity index (χ2v) is 3.22. The second-order valence-electron chi connectivity index (χ2n) is 3.22. The van der Waals surface area contributed by atoms with Gasteiger partial charge in [-0.3, -0.25) is 9.80 Å². The van der Waals surface area contributed by atoms with Crippen LogP contribution in [0.5, 0.6) is 0 Å². The number of hydrogen-bond donors (Lipinski definition) is 1. The van der Waals surface area contributed by atoms with Crippen molar-refractivity contribution in [2.75, 3.05) is 18.7 Å². The van der Waals surface area contributed by atoms with Gasteiger partial charge in [0.2, 0.25) is 0 Å². The molecule has 0 heterocycles. The Bertz CT molecular complexity index is 322. The van der Waals surface area contributed by atoms with Crippen LogP contribution in [0.15, 0.2) is 24.3 Å². The monoisotopic (exact) mass is 208 g/mol. The van der Waals surface area contributed by atoms with E-state index in [1.165, 1.54) is 17.7 Å². The van der Waals surface area contributed by atoms with Crippen LogP contribution in [0.4, 0.5) is 5.69 Å². The fraction of sp³-hybridized carbons (Fsp3) is 0.364. The van der Waals surface area contributed by atoms with Crippen LogP contribution in [0.25, 0.3) is 0 Å². The second kappa shape index (κ2) is 5.36. The van der Waals surface area contributed by atoms with Crippen molar-refractivity contribution >= 4 is 11.7 Å². The summed E-state index contributed by atoms with van der Waals surface area (Å²) in [5, 5.41) is 1.37. The lowest BCUT2D eigenvalue weighted by molar-refractivity contribution is -0.138. The average molecular weight is 208 g/mol. The quantitative estimate of drug-likeness (QED) is 0.457. The Kier molecular flexibility index (Phi) is 4.12. The van der Waals surface area contributed by atoms with Crippen molar-refractivity contribution in [1.82, 2.24) is 0 Å². The molecule has 1 aromatic carbocycles. The Hall–Kier alpha value is -1.55. The molecule has 0 saturated heterocycles. The number of carbonyl (C=O) groups excluding carboxylic acids is 1. The molecule has 82 valence electrons. The minimum Gasteiger partial charge on any atom is -0.468 e. The fourth-order valence-corrected chi connectivity index (χ4v) is 1.22. The van der Waals surface area contributed by atoms with Crippen LogP contribution >= 0.6 is 0 Å². The normalized spacial score (nSPS) is 9.80. The van der Waals surface area contributed by atoms with Gasteiger partial charge in [0, 0.05) is 0 Å². The predicted octanol–water partition coefficient (Wildman–Crippen LogP) is 1.10. The number of nitrogens with zero attached hydrogens (tertiary/aromatic N) is 1. The van der Waals surface area contributed by atoms with Crippen LogP contribution in [0, 0.1) is 0 Å². The van der Waals surface area contributed by atoms with Gasteiger partial charge in [0.1, 0.15) is 6.54 Å². The molecule has 2 N–H and O–H groups in total. The number of benzene rings is 1. The molecule has 0 aliphatic rings. The van der Waals surface area contributed by atoms with Crippen molar-refractivity contribution in [2.45, 2.75) is 13.3 Å². The third kappa shape index (κ3) is 3.25. The Morgan fingerprint density at radius 1 is 1.40 bits per heavy atom. The predicted molar refractivity (Wildman–Crippen MR) is 59.4 cm³/mol. The maximum absolute atomic E-state index is 11.0. The maximum atomic E-state index is 11.0. The number of esters is 1. The molecular weight excluding hydrogens is 192 g/mol. The summed E-state index contributed by atoms with van der Waals surface area (Å²) >= 11 is 0. The van der Waals surface area contributed by atoms with Crippen molar-refractivity contribution in [3.05, 3.63) is 29.8 Å². The van der Waals surface area contributed by atoms with E-state index in [1.54, 1.807) is 0 Å². The van der Waals surface area contributed by atoms with E-state index in [-0.39, 0.29) is 12.5 Å². The van der Waals surface area contributed by atoms with Gasteiger partial charge in [0.25, 0.3) is 0 Å². The maximum Gasteiger partial charge on any atom is 0.326 e. The highest BCUT2D eigenvalue weighted by molar-refractivity contribution is 5.75. The molecule has 0 aromatic heterocycles. The zero-order valence-electron chi connectivity index (χ0n) is 9.06. The Balaban J connectivity index is 2.65. The molecule has 15 heavy (non-hydrogen) atoms. The van der Waals surface area contributed by atoms with Gasteiger partial charge in [-0.15, -0.1) is 0 Å². The van der Waals surface area contributed by atoms with Crippen molar-refractivity contribution in [1.29, 1.82) is 0 Å². The van der Waals surface area contributed by atoms with E-state index in [0.29, 0.717) is 0 Å². The summed E-state index contributed by atoms with van der Waals surface area (Å²) in [6, 6.07) is 7.77. The summed E-state index contributed by atoms with van der Waals surface area (Å²) in [7, 11) is 1.34. The molecule has 4 heteroatoms. The van der Waals surface area contributed by atoms with Crippen LogP contribution in [-0.4, -0.2) is 19.6 Å². The lowest BCUT2D eigenvalue weighted by Gasteiger charge is -2.17. The van der Waals surface area contributed by atoms with Crippen LogP contribution in [0.2, 0.25) is 0 Å². The van der Waals surface area contributed by atoms with E-state index in [4.69, 9.17) is 5.84 Å². The number of methoxy groups -OCH3 is 1. The first-order valence-electron chi connectivity index (χ1n) is 4.85. The molecule has 0 unspecified atom stereocenters. The number of hydrazine groups is 1. The SMILES string of the molecule is CCc1ccc(N(N)CC(=O)OC)cc1. The molecule has 0 aliphatic carbocycles. The van der Waals surface area contributed by atoms with Crippen molar-refractivity contribution < 1.29 is 9.53 Å². The summed E-state index contributed by atoms with van der Waals surface area (Å²) in [4.78, 5) is 11.0. The Morgan fingerprint density at radius 2 is 2.00 bits per heavy atom. The number of rotatable bonds is 4. The first kappa shape index (κ1) is 11.5. The van der Waals surface area contributed by atoms with E-state index >= 15 is 0 Å². The average Bonchev–Trinajstić information content (AvgIpc) is 2.29. The lowest BCUT2D eigenvalue weighted by atomic mass is 10.1. The Labute approximate surface area is 89.6 Å². The summed E-state index contributed by atoms with van der Waals surface area (Å²) in [5.74, 6) is 5.35. The first-order chi connectivity index (χ1) is 7.17. The third-order valence-electron chi connectivity index (χ3n) is 2.20. The minimum atomic E-state index is -0.350. The Morgan fingerprint density at radius 3 is 2.47 bits per heavy atom. The van der Waals surface area contributed by atoms with E-state index in [2.05, 4.69) is 11.7 Å². The molecular formula is C11H16N2O2. The first-order valence-corrected chi connectivity index (χ1v) is 4.85. The van der Waals surface area contributed by atoms with Crippen LogP contribution in [0.1, 0.15) is 12.5 Å². The summed E-state index contributed by atoms with van der Waals surface area (Å²) in [6.07, 6.45) is 0.988. The number of carbonyl (C=O) groups is 1. The molecule has 0 radical (unpaired) electrons. The van der Waals surface area contributed by atoms with Crippen LogP contribution < -0.4 is 10.9 Å². The van der Waals surface area contributed by atoms with Gasteiger partial charge in [0.05, 0.1) is 12.8 Å². The van der Waals surface area contributed by atoms with E-state index in [0.717, 1.165) is 12.1 Å². The van der Waals surface area contributed by atoms with Crippen molar-refractivity contribution in [3.63, 3.8) is 0 Å². The molecule has 0 fully saturated rings. The third-order valence-corrected chi connectivity index (χ3v) is 2.20. The molecule has 0 amide bonds. The number of ether oxygens (including phenoxy) is 1. The molecule has 0 bridgehead atoms. The zero-order chi connectivity index (χ0) is 11.3. The number of anilines is 1. The van der Waals surface area contributed by atoms with E-state index in [1.807, 2.05) is 24.3 Å². The largest absolute Gasteiger partial charge is 0.468 e. The fourth-order valence-electron chi connectivity index (χ4n) is 1.22. The van der Waals surface area contributed by atoms with Gasteiger partial charge in [-0.2, -0.15) is 0 Å². The molecule has 0 aliphatic heterocycles. The summed E-state index contributed by atoms with van der Waals surface area (Å²) in [5.41, 5.74) is 2.04. The van der Waals surface area contributed by atoms with E-state index < -0.39 is 0 Å². The molecule has 0 spiro atoms. The minimum absolute atomic E-state index is 0.0575. The zero-order valence-corrected chi connectivity index (χ0v) is 9.06. The highest BCUT2D eigenvalue weighted by Crippen LogP contribution is 2.12. The van der Waals surface area contributed by atoms with Crippen molar-refractivity contribution in [3.8, 4) is 0 Å². The molecule has 0 atom stereocenters. The topological polar surface area (TPSA) is 55.6 Å². The lowest BCUT2D eigenvalue weighted by Crippen LogP contribution is -2.36. The highest BCUT2D eigenvalue weighted by Gasteiger charge is 2.07. The molecule has 1 rings (SSSR count). The van der Waals surface area contributed by atoms with Crippen LogP contribution in [-0.2, 0) is 16.0 Å². The van der Waals surface area contributed by atoms with Gasteiger partial charge < -0.3 is 4.74 Å². The standard InChI is InChI=1S/C11H16N2O2/c1-3-9-4-6-10(7-5-9)13(12)8-11(14)15-2/h4-7H,3,8,12H2,1-2H3. The van der Waals surface area contributed by atoms with Gasteiger partial charge in [-0.1, -0.05) is 19.1 Å². The smallest absolute Gasteiger partial charge is 0.326 e. The summed E-state index contributed by atoms with van der Waals surface area (Å²) in [6.45, 7) is 2.14. The molecule has 0 saturated carbocycles.